The number of benzene rings is 1. The standard InChI is InChI=1S/C8H9BO5.Na.2H2O.H/c10-7(8(11)14-9(12)13)6-4-2-1-3-5-6;;;;/h1-5,7,10,12-13H;;2*1H2;/q;+1;;;-1/t7-;;;;/m1..../s1. The second-order valence-electron chi connectivity index (χ2n) is 2.58. The van der Waals surface area contributed by atoms with Crippen LogP contribution < -0.4 is 29.6 Å². The van der Waals surface area contributed by atoms with Gasteiger partial charge in [0.15, 0.2) is 6.10 Å². The predicted octanol–water partition coefficient (Wildman–Crippen LogP) is -5.30. The molecule has 7 nitrogen and oxygen atoms in total. The molecule has 0 aliphatic heterocycles. The van der Waals surface area contributed by atoms with Crippen LogP contribution in [0.5, 0.6) is 0 Å². The van der Waals surface area contributed by atoms with Crippen LogP contribution in [0.2, 0.25) is 0 Å². The normalized spacial score (nSPS) is 9.82. The number of aliphatic hydroxyl groups is 1. The van der Waals surface area contributed by atoms with Crippen LogP contribution >= 0.6 is 0 Å². The maximum absolute atomic E-state index is 11.0. The molecule has 1 aromatic carbocycles. The Hall–Kier alpha value is -0.445. The molecule has 92 valence electrons. The summed E-state index contributed by atoms with van der Waals surface area (Å²) in [6, 6.07) is 8.05. The van der Waals surface area contributed by atoms with Crippen LogP contribution in [-0.4, -0.2) is 39.4 Å². The van der Waals surface area contributed by atoms with Gasteiger partial charge in [0.1, 0.15) is 0 Å². The molecule has 0 bridgehead atoms. The first-order valence-electron chi connectivity index (χ1n) is 3.91. The first-order chi connectivity index (χ1) is 6.61. The Balaban J connectivity index is -0.000000245. The van der Waals surface area contributed by atoms with Gasteiger partial charge in [-0.05, 0) is 5.56 Å². The van der Waals surface area contributed by atoms with Crippen LogP contribution in [0, 0.1) is 0 Å². The zero-order valence-electron chi connectivity index (χ0n) is 10.2. The third kappa shape index (κ3) is 7.47. The summed E-state index contributed by atoms with van der Waals surface area (Å²) in [7, 11) is -2.21. The van der Waals surface area contributed by atoms with Gasteiger partial charge in [-0.3, -0.25) is 4.79 Å². The maximum Gasteiger partial charge on any atom is 1.00 e. The van der Waals surface area contributed by atoms with Crippen molar-refractivity contribution in [2.45, 2.75) is 6.10 Å². The summed E-state index contributed by atoms with van der Waals surface area (Å²) >= 11 is 0. The van der Waals surface area contributed by atoms with Crippen LogP contribution in [0.1, 0.15) is 13.1 Å². The summed E-state index contributed by atoms with van der Waals surface area (Å²) in [5, 5.41) is 26.0. The molecule has 9 heteroatoms. The minimum atomic E-state index is -2.21. The average Bonchev–Trinajstić information content (AvgIpc) is 2.17. The number of hydrogen-bond donors (Lipinski definition) is 3. The van der Waals surface area contributed by atoms with E-state index in [1.54, 1.807) is 18.2 Å². The molecule has 0 radical (unpaired) electrons. The number of carbonyl (C=O) groups excluding carboxylic acids is 1. The van der Waals surface area contributed by atoms with Crippen LogP contribution in [0.15, 0.2) is 30.3 Å². The zero-order valence-corrected chi connectivity index (χ0v) is 11.2. The molecule has 0 unspecified atom stereocenters. The SMILES string of the molecule is O.O.O=C(OB(O)O)[C@H](O)c1ccccc1.[H-].[Na+]. The molecule has 0 fully saturated rings. The van der Waals surface area contributed by atoms with Crippen LogP contribution in [0.4, 0.5) is 0 Å². The van der Waals surface area contributed by atoms with E-state index in [-0.39, 0.29) is 41.9 Å². The molecular formula is C8H14BNaO7. The van der Waals surface area contributed by atoms with Crippen molar-refractivity contribution in [2.75, 3.05) is 0 Å². The van der Waals surface area contributed by atoms with E-state index in [4.69, 9.17) is 10.0 Å². The Kier molecular flexibility index (Phi) is 13.7. The van der Waals surface area contributed by atoms with Gasteiger partial charge < -0.3 is 32.2 Å². The summed E-state index contributed by atoms with van der Waals surface area (Å²) in [4.78, 5) is 11.0. The minimum Gasteiger partial charge on any atom is -1.00 e. The summed E-state index contributed by atoms with van der Waals surface area (Å²) in [5.74, 6) is -1.11. The third-order valence-corrected chi connectivity index (χ3v) is 1.56. The average molecular weight is 256 g/mol. The van der Waals surface area contributed by atoms with E-state index in [1.165, 1.54) is 12.1 Å². The molecule has 0 saturated carbocycles. The van der Waals surface area contributed by atoms with Gasteiger partial charge in [0.25, 0.3) is 0 Å². The van der Waals surface area contributed by atoms with Crippen LogP contribution in [0.25, 0.3) is 0 Å². The van der Waals surface area contributed by atoms with E-state index in [0.717, 1.165) is 0 Å². The number of hydrogen-bond acceptors (Lipinski definition) is 5. The second kappa shape index (κ2) is 10.7. The number of aliphatic hydroxyl groups excluding tert-OH is 1. The fourth-order valence-corrected chi connectivity index (χ4v) is 0.940. The van der Waals surface area contributed by atoms with E-state index in [9.17, 15) is 9.90 Å². The molecule has 0 aromatic heterocycles. The van der Waals surface area contributed by atoms with Gasteiger partial charge in [-0.15, -0.1) is 0 Å². The first kappa shape index (κ1) is 21.8. The second-order valence-corrected chi connectivity index (χ2v) is 2.58. The maximum atomic E-state index is 11.0. The molecule has 0 aliphatic rings. The van der Waals surface area contributed by atoms with E-state index in [0.29, 0.717) is 5.56 Å². The molecular weight excluding hydrogens is 242 g/mol. The van der Waals surface area contributed by atoms with Crippen LogP contribution in [0.3, 0.4) is 0 Å². The quantitative estimate of drug-likeness (QED) is 0.461. The molecule has 0 aliphatic carbocycles. The van der Waals surface area contributed by atoms with Gasteiger partial charge >= 0.3 is 42.8 Å². The smallest absolute Gasteiger partial charge is 1.00 e. The van der Waals surface area contributed by atoms with Gasteiger partial charge in [-0.25, -0.2) is 0 Å². The van der Waals surface area contributed by atoms with Crippen molar-refractivity contribution in [3.05, 3.63) is 35.9 Å². The summed E-state index contributed by atoms with van der Waals surface area (Å²) < 4.78 is 3.99. The van der Waals surface area contributed by atoms with Crippen molar-refractivity contribution >= 4 is 13.3 Å². The Bertz CT molecular complexity index is 314. The predicted molar refractivity (Wildman–Crippen MR) is 56.0 cm³/mol. The molecule has 1 rings (SSSR count). The van der Waals surface area contributed by atoms with Gasteiger partial charge in [-0.1, -0.05) is 30.3 Å². The molecule has 0 saturated heterocycles. The Morgan fingerprint density at radius 3 is 2.12 bits per heavy atom. The van der Waals surface area contributed by atoms with Crippen molar-refractivity contribution < 1.29 is 66.5 Å². The van der Waals surface area contributed by atoms with Gasteiger partial charge in [0.2, 0.25) is 0 Å². The van der Waals surface area contributed by atoms with E-state index in [1.807, 2.05) is 0 Å². The molecule has 7 N–H and O–H groups in total. The van der Waals surface area contributed by atoms with Crippen molar-refractivity contribution in [3.8, 4) is 0 Å². The fraction of sp³-hybridized carbons (Fsp3) is 0.125. The molecule has 0 spiro atoms. The van der Waals surface area contributed by atoms with Crippen LogP contribution in [-0.2, 0) is 9.45 Å². The van der Waals surface area contributed by atoms with Crippen molar-refractivity contribution in [3.63, 3.8) is 0 Å². The van der Waals surface area contributed by atoms with Gasteiger partial charge in [0, 0.05) is 0 Å². The number of rotatable bonds is 3. The molecule has 1 aromatic rings. The van der Waals surface area contributed by atoms with Gasteiger partial charge in [0.05, 0.1) is 0 Å². The van der Waals surface area contributed by atoms with Crippen molar-refractivity contribution in [2.24, 2.45) is 0 Å². The topological polar surface area (TPSA) is 150 Å². The van der Waals surface area contributed by atoms with E-state index < -0.39 is 19.4 Å². The summed E-state index contributed by atoms with van der Waals surface area (Å²) in [6.07, 6.45) is -1.50. The summed E-state index contributed by atoms with van der Waals surface area (Å²) in [6.45, 7) is 0. The number of carbonyl (C=O) groups is 1. The zero-order chi connectivity index (χ0) is 10.6. The van der Waals surface area contributed by atoms with E-state index >= 15 is 0 Å². The molecule has 0 heterocycles. The molecule has 1 atom stereocenters. The molecule has 0 amide bonds. The van der Waals surface area contributed by atoms with Crippen molar-refractivity contribution in [1.29, 1.82) is 0 Å². The molecule has 17 heavy (non-hydrogen) atoms. The summed E-state index contributed by atoms with van der Waals surface area (Å²) in [5.41, 5.74) is 0.332. The minimum absolute atomic E-state index is 0. The first-order valence-corrected chi connectivity index (χ1v) is 3.91. The third-order valence-electron chi connectivity index (χ3n) is 1.56. The largest absolute Gasteiger partial charge is 1.00 e. The Labute approximate surface area is 122 Å². The van der Waals surface area contributed by atoms with Crippen molar-refractivity contribution in [1.82, 2.24) is 0 Å². The van der Waals surface area contributed by atoms with Gasteiger partial charge in [-0.2, -0.15) is 0 Å². The monoisotopic (exact) mass is 256 g/mol. The fourth-order valence-electron chi connectivity index (χ4n) is 0.940. The Morgan fingerprint density at radius 2 is 1.71 bits per heavy atom. The Morgan fingerprint density at radius 1 is 1.24 bits per heavy atom. The van der Waals surface area contributed by atoms with E-state index in [2.05, 4.69) is 4.65 Å².